The van der Waals surface area contributed by atoms with E-state index in [4.69, 9.17) is 4.74 Å². The van der Waals surface area contributed by atoms with Gasteiger partial charge in [0.1, 0.15) is 18.1 Å². The Hall–Kier alpha value is -2.75. The van der Waals surface area contributed by atoms with E-state index in [1.807, 2.05) is 13.8 Å². The van der Waals surface area contributed by atoms with Crippen LogP contribution in [0, 0.1) is 10.1 Å². The number of benzene rings is 1. The maximum absolute atomic E-state index is 12.2. The van der Waals surface area contributed by atoms with E-state index in [0.717, 1.165) is 5.56 Å². The zero-order chi connectivity index (χ0) is 19.6. The largest absolute Gasteiger partial charge is 0.441 e. The lowest BCUT2D eigenvalue weighted by atomic mass is 10.0. The second-order valence-electron chi connectivity index (χ2n) is 6.30. The standard InChI is InChI=1S/C17H20F2N4O4/c1-3-14-13(8-22-9-15(23(24)25)21-17(22)27-14)20-10(2)11-4-6-12(7-5-11)26-16(18)19/h4-7,9-10,13-14,16,20H,3,8H2,1-2H3/t10?,13-,14+/m0/s1. The predicted molar refractivity (Wildman–Crippen MR) is 92.0 cm³/mol. The summed E-state index contributed by atoms with van der Waals surface area (Å²) in [5.41, 5.74) is 0.897. The van der Waals surface area contributed by atoms with Crippen molar-refractivity contribution in [2.24, 2.45) is 0 Å². The maximum atomic E-state index is 12.2. The van der Waals surface area contributed by atoms with Crippen LogP contribution < -0.4 is 14.8 Å². The summed E-state index contributed by atoms with van der Waals surface area (Å²) in [6.45, 7) is 1.53. The molecule has 0 amide bonds. The Labute approximate surface area is 154 Å². The highest BCUT2D eigenvalue weighted by molar-refractivity contribution is 5.29. The highest BCUT2D eigenvalue weighted by atomic mass is 19.3. The summed E-state index contributed by atoms with van der Waals surface area (Å²) in [5.74, 6) is -0.146. The lowest BCUT2D eigenvalue weighted by Gasteiger charge is -2.33. The van der Waals surface area contributed by atoms with E-state index in [-0.39, 0.29) is 35.8 Å². The van der Waals surface area contributed by atoms with Crippen molar-refractivity contribution in [1.29, 1.82) is 0 Å². The number of aromatic nitrogens is 2. The number of nitro groups is 1. The topological polar surface area (TPSA) is 91.5 Å². The van der Waals surface area contributed by atoms with Crippen LogP contribution in [0.15, 0.2) is 30.5 Å². The maximum Gasteiger partial charge on any atom is 0.414 e. The molecule has 1 aromatic heterocycles. The van der Waals surface area contributed by atoms with Crippen LogP contribution in [0.3, 0.4) is 0 Å². The molecule has 0 aliphatic carbocycles. The fourth-order valence-electron chi connectivity index (χ4n) is 3.13. The summed E-state index contributed by atoms with van der Waals surface area (Å²) >= 11 is 0. The summed E-state index contributed by atoms with van der Waals surface area (Å²) in [5, 5.41) is 14.4. The molecule has 2 heterocycles. The van der Waals surface area contributed by atoms with Gasteiger partial charge in [0.25, 0.3) is 0 Å². The van der Waals surface area contributed by atoms with Crippen molar-refractivity contribution in [3.63, 3.8) is 0 Å². The Kier molecular flexibility index (Phi) is 5.54. The second kappa shape index (κ2) is 7.87. The van der Waals surface area contributed by atoms with Gasteiger partial charge in [0, 0.05) is 17.6 Å². The Morgan fingerprint density at radius 3 is 2.74 bits per heavy atom. The quantitative estimate of drug-likeness (QED) is 0.584. The number of imidazole rings is 1. The van der Waals surface area contributed by atoms with Crippen LogP contribution in [0.1, 0.15) is 31.9 Å². The normalized spacial score (nSPS) is 20.0. The molecule has 1 aromatic carbocycles. The van der Waals surface area contributed by atoms with Crippen molar-refractivity contribution >= 4 is 5.82 Å². The fourth-order valence-corrected chi connectivity index (χ4v) is 3.13. The average molecular weight is 382 g/mol. The minimum atomic E-state index is -2.86. The highest BCUT2D eigenvalue weighted by Crippen LogP contribution is 2.27. The molecule has 8 nitrogen and oxygen atoms in total. The number of hydrogen-bond acceptors (Lipinski definition) is 6. The molecule has 10 heteroatoms. The van der Waals surface area contributed by atoms with Crippen LogP contribution in [0.2, 0.25) is 0 Å². The highest BCUT2D eigenvalue weighted by Gasteiger charge is 2.34. The Balaban J connectivity index is 1.70. The van der Waals surface area contributed by atoms with Crippen LogP contribution in [0.25, 0.3) is 0 Å². The van der Waals surface area contributed by atoms with Crippen molar-refractivity contribution in [3.05, 3.63) is 46.1 Å². The molecule has 0 saturated carbocycles. The van der Waals surface area contributed by atoms with Crippen molar-refractivity contribution in [3.8, 4) is 11.8 Å². The summed E-state index contributed by atoms with van der Waals surface area (Å²) < 4.78 is 36.3. The van der Waals surface area contributed by atoms with Crippen molar-refractivity contribution in [1.82, 2.24) is 14.9 Å². The Morgan fingerprint density at radius 2 is 2.15 bits per heavy atom. The monoisotopic (exact) mass is 382 g/mol. The number of nitrogens with one attached hydrogen (secondary N) is 1. The zero-order valence-corrected chi connectivity index (χ0v) is 14.8. The van der Waals surface area contributed by atoms with Crippen LogP contribution in [0.4, 0.5) is 14.6 Å². The molecule has 2 aromatic rings. The molecule has 146 valence electrons. The van der Waals surface area contributed by atoms with Gasteiger partial charge >= 0.3 is 18.4 Å². The smallest absolute Gasteiger partial charge is 0.414 e. The molecule has 1 aliphatic rings. The molecular weight excluding hydrogens is 362 g/mol. The van der Waals surface area contributed by atoms with Gasteiger partial charge < -0.3 is 24.9 Å². The second-order valence-corrected chi connectivity index (χ2v) is 6.30. The molecule has 1 unspecified atom stereocenters. The zero-order valence-electron chi connectivity index (χ0n) is 14.8. The van der Waals surface area contributed by atoms with E-state index in [2.05, 4.69) is 15.0 Å². The molecule has 0 saturated heterocycles. The minimum Gasteiger partial charge on any atom is -0.441 e. The number of rotatable bonds is 7. The van der Waals surface area contributed by atoms with E-state index < -0.39 is 11.5 Å². The van der Waals surface area contributed by atoms with Crippen LogP contribution in [-0.4, -0.2) is 33.2 Å². The molecule has 3 rings (SSSR count). The van der Waals surface area contributed by atoms with Gasteiger partial charge in [-0.2, -0.15) is 8.78 Å². The lowest BCUT2D eigenvalue weighted by Crippen LogP contribution is -2.49. The minimum absolute atomic E-state index is 0.0895. The molecule has 0 bridgehead atoms. The van der Waals surface area contributed by atoms with Crippen molar-refractivity contribution in [2.45, 2.75) is 51.6 Å². The number of alkyl halides is 2. The van der Waals surface area contributed by atoms with Gasteiger partial charge in [0.15, 0.2) is 0 Å². The molecule has 27 heavy (non-hydrogen) atoms. The van der Waals surface area contributed by atoms with Gasteiger partial charge in [-0.05, 0) is 36.0 Å². The van der Waals surface area contributed by atoms with Crippen molar-refractivity contribution < 1.29 is 23.2 Å². The number of fused-ring (bicyclic) bond motifs is 1. The molecule has 1 aliphatic heterocycles. The predicted octanol–water partition coefficient (Wildman–Crippen LogP) is 3.28. The number of nitrogens with zero attached hydrogens (tertiary/aromatic N) is 3. The van der Waals surface area contributed by atoms with Gasteiger partial charge in [-0.3, -0.25) is 4.57 Å². The Bertz CT molecular complexity index is 797. The number of ether oxygens (including phenoxy) is 2. The summed E-state index contributed by atoms with van der Waals surface area (Å²) in [7, 11) is 0. The first kappa shape index (κ1) is 19.0. The van der Waals surface area contributed by atoms with Gasteiger partial charge in [-0.25, -0.2) is 0 Å². The Morgan fingerprint density at radius 1 is 1.44 bits per heavy atom. The lowest BCUT2D eigenvalue weighted by molar-refractivity contribution is -0.389. The van der Waals surface area contributed by atoms with Crippen LogP contribution >= 0.6 is 0 Å². The third-order valence-electron chi connectivity index (χ3n) is 4.48. The first-order valence-electron chi connectivity index (χ1n) is 8.56. The van der Waals surface area contributed by atoms with E-state index in [1.165, 1.54) is 18.3 Å². The molecule has 0 fully saturated rings. The first-order valence-corrected chi connectivity index (χ1v) is 8.56. The molecule has 0 spiro atoms. The fraction of sp³-hybridized carbons (Fsp3) is 0.471. The van der Waals surface area contributed by atoms with Crippen molar-refractivity contribution in [2.75, 3.05) is 0 Å². The van der Waals surface area contributed by atoms with Crippen LogP contribution in [0.5, 0.6) is 11.8 Å². The SMILES string of the molecule is CC[C@H]1Oc2nc([N+](=O)[O-])cn2C[C@@H]1NC(C)c1ccc(OC(F)F)cc1. The summed E-state index contributed by atoms with van der Waals surface area (Å²) in [4.78, 5) is 14.3. The number of halogens is 2. The summed E-state index contributed by atoms with van der Waals surface area (Å²) in [6.07, 6.45) is 1.87. The van der Waals surface area contributed by atoms with E-state index in [0.29, 0.717) is 13.0 Å². The van der Waals surface area contributed by atoms with E-state index >= 15 is 0 Å². The van der Waals surface area contributed by atoms with Crippen LogP contribution in [-0.2, 0) is 6.54 Å². The molecule has 3 atom stereocenters. The van der Waals surface area contributed by atoms with Gasteiger partial charge in [-0.1, -0.05) is 19.1 Å². The summed E-state index contributed by atoms with van der Waals surface area (Å²) in [6, 6.07) is 6.47. The van der Waals surface area contributed by atoms with Gasteiger partial charge in [-0.15, -0.1) is 0 Å². The molecule has 0 radical (unpaired) electrons. The molecule has 1 N–H and O–H groups in total. The third-order valence-corrected chi connectivity index (χ3v) is 4.48. The first-order chi connectivity index (χ1) is 12.9. The van der Waals surface area contributed by atoms with Gasteiger partial charge in [0.2, 0.25) is 0 Å². The van der Waals surface area contributed by atoms with Gasteiger partial charge in [0.05, 0.1) is 6.04 Å². The third kappa shape index (κ3) is 4.33. The van der Waals surface area contributed by atoms with E-state index in [1.54, 1.807) is 16.7 Å². The van der Waals surface area contributed by atoms with E-state index in [9.17, 15) is 18.9 Å². The number of hydrogen-bond donors (Lipinski definition) is 1. The molecular formula is C17H20F2N4O4. The average Bonchev–Trinajstić information content (AvgIpc) is 3.04.